The van der Waals surface area contributed by atoms with Crippen molar-refractivity contribution in [1.29, 1.82) is 0 Å². The van der Waals surface area contributed by atoms with Gasteiger partial charge in [-0.15, -0.1) is 0 Å². The summed E-state index contributed by atoms with van der Waals surface area (Å²) in [6.07, 6.45) is 7.39. The number of nitrogens with zero attached hydrogens (tertiary/aromatic N) is 3. The molecule has 0 aromatic carbocycles. The Labute approximate surface area is 123 Å². The average molecular weight is 374 g/mol. The normalized spacial score (nSPS) is 12.6. The molecule has 2 aromatic rings. The highest BCUT2D eigenvalue weighted by atomic mass is 79.9. The Balaban J connectivity index is 1.87. The molecule has 0 fully saturated rings. The lowest BCUT2D eigenvalue weighted by molar-refractivity contribution is 0.472. The fourth-order valence-electron chi connectivity index (χ4n) is 1.62. The zero-order valence-corrected chi connectivity index (χ0v) is 13.1. The molecule has 0 aliphatic carbocycles. The summed E-state index contributed by atoms with van der Waals surface area (Å²) in [5.41, 5.74) is 1.01. The third-order valence-corrected chi connectivity index (χ3v) is 3.67. The Morgan fingerprint density at radius 2 is 2.28 bits per heavy atom. The minimum atomic E-state index is 0.358. The number of rotatable bonds is 5. The van der Waals surface area contributed by atoms with E-state index in [1.165, 1.54) is 0 Å². The number of halogens is 2. The molecule has 1 N–H and O–H groups in total. The van der Waals surface area contributed by atoms with Gasteiger partial charge in [0, 0.05) is 46.7 Å². The lowest BCUT2D eigenvalue weighted by Crippen LogP contribution is -2.30. The molecule has 0 radical (unpaired) electrons. The van der Waals surface area contributed by atoms with Crippen molar-refractivity contribution in [2.75, 3.05) is 0 Å². The zero-order valence-electron chi connectivity index (χ0n) is 9.98. The molecule has 2 rings (SSSR count). The number of aromatic nitrogens is 3. The Hall–Kier alpha value is -0.720. The number of hydrogen-bond donors (Lipinski definition) is 1. The molecule has 0 bridgehead atoms. The maximum absolute atomic E-state index is 4.37. The molecule has 0 saturated heterocycles. The van der Waals surface area contributed by atoms with Gasteiger partial charge in [0.05, 0.1) is 12.0 Å². The van der Waals surface area contributed by atoms with Crippen molar-refractivity contribution in [1.82, 2.24) is 19.9 Å². The van der Waals surface area contributed by atoms with E-state index in [2.05, 4.69) is 58.6 Å². The van der Waals surface area contributed by atoms with E-state index >= 15 is 0 Å². The summed E-state index contributed by atoms with van der Waals surface area (Å²) in [6.45, 7) is 3.78. The summed E-state index contributed by atoms with van der Waals surface area (Å²) >= 11 is 6.90. The van der Waals surface area contributed by atoms with Gasteiger partial charge < -0.3 is 9.88 Å². The molecular weight excluding hydrogens is 360 g/mol. The molecule has 1 atom stereocenters. The first-order chi connectivity index (χ1) is 8.65. The highest BCUT2D eigenvalue weighted by Gasteiger charge is 2.06. The Morgan fingerprint density at radius 1 is 1.44 bits per heavy atom. The second kappa shape index (κ2) is 6.45. The number of pyridine rings is 1. The van der Waals surface area contributed by atoms with E-state index in [1.807, 2.05) is 24.8 Å². The topological polar surface area (TPSA) is 42.7 Å². The van der Waals surface area contributed by atoms with Crippen LogP contribution in [0.1, 0.15) is 12.6 Å². The fourth-order valence-corrected chi connectivity index (χ4v) is 2.75. The molecule has 0 aliphatic heterocycles. The fraction of sp³-hybridized carbons (Fsp3) is 0.333. The van der Waals surface area contributed by atoms with Crippen LogP contribution in [-0.2, 0) is 13.1 Å². The van der Waals surface area contributed by atoms with Gasteiger partial charge in [-0.25, -0.2) is 4.98 Å². The largest absolute Gasteiger partial charge is 0.336 e. The van der Waals surface area contributed by atoms with E-state index in [0.717, 1.165) is 27.7 Å². The lowest BCUT2D eigenvalue weighted by Gasteiger charge is -2.14. The number of imidazole rings is 1. The molecule has 6 heteroatoms. The van der Waals surface area contributed by atoms with Gasteiger partial charge in [-0.3, -0.25) is 4.98 Å². The zero-order chi connectivity index (χ0) is 13.0. The second-order valence-electron chi connectivity index (χ2n) is 4.12. The first kappa shape index (κ1) is 13.7. The van der Waals surface area contributed by atoms with Gasteiger partial charge in [-0.1, -0.05) is 0 Å². The standard InChI is InChI=1S/C12H14Br2N4/c1-9(7-18-3-2-15-8-18)16-6-12-11(14)4-10(13)5-17-12/h2-5,8-9,16H,6-7H2,1H3. The van der Waals surface area contributed by atoms with E-state index < -0.39 is 0 Å². The predicted molar refractivity (Wildman–Crippen MR) is 78.2 cm³/mol. The van der Waals surface area contributed by atoms with E-state index in [-0.39, 0.29) is 0 Å². The van der Waals surface area contributed by atoms with Crippen LogP contribution >= 0.6 is 31.9 Å². The smallest absolute Gasteiger partial charge is 0.0946 e. The van der Waals surface area contributed by atoms with E-state index in [4.69, 9.17) is 0 Å². The maximum Gasteiger partial charge on any atom is 0.0946 e. The number of hydrogen-bond acceptors (Lipinski definition) is 3. The predicted octanol–water partition coefficient (Wildman–Crippen LogP) is 2.98. The molecule has 0 aliphatic rings. The molecule has 18 heavy (non-hydrogen) atoms. The van der Waals surface area contributed by atoms with Crippen LogP contribution in [0.15, 0.2) is 39.9 Å². The van der Waals surface area contributed by atoms with Gasteiger partial charge in [0.25, 0.3) is 0 Å². The first-order valence-corrected chi connectivity index (χ1v) is 7.23. The molecule has 96 valence electrons. The highest BCUT2D eigenvalue weighted by Crippen LogP contribution is 2.19. The van der Waals surface area contributed by atoms with Crippen molar-refractivity contribution < 1.29 is 0 Å². The minimum absolute atomic E-state index is 0.358. The summed E-state index contributed by atoms with van der Waals surface area (Å²) < 4.78 is 4.05. The van der Waals surface area contributed by atoms with Gasteiger partial charge in [-0.05, 0) is 44.8 Å². The quantitative estimate of drug-likeness (QED) is 0.875. The second-order valence-corrected chi connectivity index (χ2v) is 5.89. The molecule has 2 heterocycles. The maximum atomic E-state index is 4.37. The van der Waals surface area contributed by atoms with Crippen LogP contribution in [0.2, 0.25) is 0 Å². The Kier molecular flexibility index (Phi) is 4.91. The van der Waals surface area contributed by atoms with Crippen LogP contribution in [0, 0.1) is 0 Å². The van der Waals surface area contributed by atoms with Gasteiger partial charge in [-0.2, -0.15) is 0 Å². The third-order valence-electron chi connectivity index (χ3n) is 2.55. The van der Waals surface area contributed by atoms with Crippen molar-refractivity contribution >= 4 is 31.9 Å². The highest BCUT2D eigenvalue weighted by molar-refractivity contribution is 9.11. The molecule has 2 aromatic heterocycles. The van der Waals surface area contributed by atoms with Gasteiger partial charge in [0.15, 0.2) is 0 Å². The molecule has 0 amide bonds. The molecule has 1 unspecified atom stereocenters. The van der Waals surface area contributed by atoms with Crippen LogP contribution in [0.3, 0.4) is 0 Å². The van der Waals surface area contributed by atoms with Crippen molar-refractivity contribution in [2.45, 2.75) is 26.1 Å². The summed E-state index contributed by atoms with van der Waals surface area (Å²) in [4.78, 5) is 8.40. The first-order valence-electron chi connectivity index (χ1n) is 5.64. The monoisotopic (exact) mass is 372 g/mol. The van der Waals surface area contributed by atoms with Gasteiger partial charge in [0.2, 0.25) is 0 Å². The summed E-state index contributed by atoms with van der Waals surface area (Å²) in [6, 6.07) is 2.36. The molecule has 4 nitrogen and oxygen atoms in total. The summed E-state index contributed by atoms with van der Waals surface area (Å²) in [7, 11) is 0. The van der Waals surface area contributed by atoms with Crippen molar-refractivity contribution in [2.24, 2.45) is 0 Å². The van der Waals surface area contributed by atoms with Crippen LogP contribution < -0.4 is 5.32 Å². The average Bonchev–Trinajstić information content (AvgIpc) is 2.80. The van der Waals surface area contributed by atoms with Crippen LogP contribution in [-0.4, -0.2) is 20.6 Å². The SMILES string of the molecule is CC(Cn1ccnc1)NCc1ncc(Br)cc1Br. The molecule has 0 saturated carbocycles. The third kappa shape index (κ3) is 3.90. The molecule has 0 spiro atoms. The van der Waals surface area contributed by atoms with Crippen molar-refractivity contribution in [3.63, 3.8) is 0 Å². The van der Waals surface area contributed by atoms with Gasteiger partial charge in [0.1, 0.15) is 0 Å². The van der Waals surface area contributed by atoms with E-state index in [9.17, 15) is 0 Å². The summed E-state index contributed by atoms with van der Waals surface area (Å²) in [5, 5.41) is 3.44. The van der Waals surface area contributed by atoms with Crippen LogP contribution in [0.25, 0.3) is 0 Å². The van der Waals surface area contributed by atoms with Crippen molar-refractivity contribution in [3.05, 3.63) is 45.6 Å². The minimum Gasteiger partial charge on any atom is -0.336 e. The Bertz CT molecular complexity index is 499. The number of nitrogens with one attached hydrogen (secondary N) is 1. The molecular formula is C12H14Br2N4. The van der Waals surface area contributed by atoms with E-state index in [1.54, 1.807) is 6.20 Å². The lowest BCUT2D eigenvalue weighted by atomic mass is 10.3. The van der Waals surface area contributed by atoms with Crippen LogP contribution in [0.5, 0.6) is 0 Å². The van der Waals surface area contributed by atoms with Crippen LogP contribution in [0.4, 0.5) is 0 Å². The summed E-state index contributed by atoms with van der Waals surface area (Å²) in [5.74, 6) is 0. The van der Waals surface area contributed by atoms with Gasteiger partial charge >= 0.3 is 0 Å². The van der Waals surface area contributed by atoms with E-state index in [0.29, 0.717) is 6.04 Å². The van der Waals surface area contributed by atoms with Crippen molar-refractivity contribution in [3.8, 4) is 0 Å². The Morgan fingerprint density at radius 3 is 2.94 bits per heavy atom.